The van der Waals surface area contributed by atoms with Crippen LogP contribution in [0.5, 0.6) is 5.75 Å². The molecule has 0 saturated heterocycles. The van der Waals surface area contributed by atoms with Crippen LogP contribution in [0.4, 0.5) is 0 Å². The molecule has 0 saturated carbocycles. The molecule has 0 aromatic heterocycles. The van der Waals surface area contributed by atoms with Crippen molar-refractivity contribution in [1.82, 2.24) is 5.32 Å². The first-order valence-corrected chi connectivity index (χ1v) is 13.0. The largest absolute Gasteiger partial charge is 0.508 e. The summed E-state index contributed by atoms with van der Waals surface area (Å²) in [6, 6.07) is 23.8. The van der Waals surface area contributed by atoms with Crippen molar-refractivity contribution in [1.29, 1.82) is 0 Å². The van der Waals surface area contributed by atoms with Crippen molar-refractivity contribution in [3.8, 4) is 5.75 Å². The standard InChI is InChI=1S/C31H37N3O5/c32-24(17-23-11-13-25(35)14-12-23)20-26(36)15-16-29(37)27(18-21-7-3-1-4-8-21)31(39)34-28(30(33)38)19-22-9-5-2-6-10-22/h1-16,24,26-29,35-37H,17-20,32H2,(H2,33,38)(H,34,39)/b16-15+/t24-,26+,27-,28+,29+/m1/s1. The van der Waals surface area contributed by atoms with Crippen LogP contribution in [-0.2, 0) is 28.9 Å². The van der Waals surface area contributed by atoms with Gasteiger partial charge < -0.3 is 32.1 Å². The molecule has 0 radical (unpaired) electrons. The fraction of sp³-hybridized carbons (Fsp3) is 0.290. The molecular formula is C31H37N3O5. The van der Waals surface area contributed by atoms with Crippen molar-refractivity contribution >= 4 is 11.8 Å². The number of aliphatic hydroxyl groups is 2. The summed E-state index contributed by atoms with van der Waals surface area (Å²) < 4.78 is 0. The van der Waals surface area contributed by atoms with Gasteiger partial charge in [0.2, 0.25) is 11.8 Å². The summed E-state index contributed by atoms with van der Waals surface area (Å²) in [4.78, 5) is 25.5. The average Bonchev–Trinajstić information content (AvgIpc) is 2.92. The lowest BCUT2D eigenvalue weighted by molar-refractivity contribution is -0.131. The van der Waals surface area contributed by atoms with Crippen molar-refractivity contribution in [3.63, 3.8) is 0 Å². The first-order chi connectivity index (χ1) is 18.7. The molecule has 2 amide bonds. The number of aromatic hydroxyl groups is 1. The lowest BCUT2D eigenvalue weighted by atomic mass is 9.91. The van der Waals surface area contributed by atoms with Gasteiger partial charge in [-0.2, -0.15) is 0 Å². The van der Waals surface area contributed by atoms with E-state index in [1.807, 2.05) is 60.7 Å². The molecule has 8 N–H and O–H groups in total. The van der Waals surface area contributed by atoms with Crippen molar-refractivity contribution in [2.24, 2.45) is 17.4 Å². The van der Waals surface area contributed by atoms with E-state index in [0.717, 1.165) is 16.7 Å². The minimum Gasteiger partial charge on any atom is -0.508 e. The number of amides is 2. The molecule has 0 bridgehead atoms. The summed E-state index contributed by atoms with van der Waals surface area (Å²) in [5, 5.41) is 33.6. The van der Waals surface area contributed by atoms with E-state index >= 15 is 0 Å². The maximum atomic E-state index is 13.3. The molecule has 0 fully saturated rings. The van der Waals surface area contributed by atoms with Crippen LogP contribution < -0.4 is 16.8 Å². The molecule has 0 aliphatic heterocycles. The van der Waals surface area contributed by atoms with Crippen LogP contribution in [0.2, 0.25) is 0 Å². The minimum absolute atomic E-state index is 0.167. The van der Waals surface area contributed by atoms with Crippen molar-refractivity contribution in [3.05, 3.63) is 114 Å². The number of phenols is 1. The predicted octanol–water partition coefficient (Wildman–Crippen LogP) is 2.00. The van der Waals surface area contributed by atoms with Crippen LogP contribution in [0.15, 0.2) is 97.1 Å². The Bertz CT molecular complexity index is 1200. The van der Waals surface area contributed by atoms with E-state index in [0.29, 0.717) is 6.42 Å². The topological polar surface area (TPSA) is 159 Å². The molecule has 3 aromatic carbocycles. The highest BCUT2D eigenvalue weighted by Crippen LogP contribution is 2.17. The third-order valence-corrected chi connectivity index (χ3v) is 6.50. The van der Waals surface area contributed by atoms with Crippen LogP contribution in [0.25, 0.3) is 0 Å². The van der Waals surface area contributed by atoms with E-state index in [1.54, 1.807) is 24.3 Å². The van der Waals surface area contributed by atoms with Crippen molar-refractivity contribution in [2.75, 3.05) is 0 Å². The SMILES string of the molecule is NC(=O)[C@H](Cc1ccccc1)NC(=O)[C@H](Cc1ccccc1)[C@@H](O)/C=C/[C@H](O)C[C@H](N)Cc1ccc(O)cc1. The number of nitrogens with one attached hydrogen (secondary N) is 1. The molecule has 0 heterocycles. The Hall–Kier alpha value is -3.98. The summed E-state index contributed by atoms with van der Waals surface area (Å²) in [5.41, 5.74) is 14.4. The van der Waals surface area contributed by atoms with E-state index in [2.05, 4.69) is 5.32 Å². The Morgan fingerprint density at radius 3 is 1.87 bits per heavy atom. The summed E-state index contributed by atoms with van der Waals surface area (Å²) in [5.74, 6) is -1.96. The van der Waals surface area contributed by atoms with Gasteiger partial charge in [0, 0.05) is 12.5 Å². The first kappa shape index (κ1) is 29.6. The molecule has 206 valence electrons. The van der Waals surface area contributed by atoms with E-state index in [4.69, 9.17) is 11.5 Å². The zero-order valence-corrected chi connectivity index (χ0v) is 21.8. The van der Waals surface area contributed by atoms with Gasteiger partial charge in [0.15, 0.2) is 0 Å². The van der Waals surface area contributed by atoms with Gasteiger partial charge in [0.25, 0.3) is 0 Å². The number of rotatable bonds is 14. The Morgan fingerprint density at radius 2 is 1.31 bits per heavy atom. The third-order valence-electron chi connectivity index (χ3n) is 6.50. The Morgan fingerprint density at radius 1 is 0.769 bits per heavy atom. The van der Waals surface area contributed by atoms with E-state index in [-0.39, 0.29) is 31.1 Å². The molecule has 0 aliphatic carbocycles. The molecule has 3 rings (SSSR count). The highest BCUT2D eigenvalue weighted by atomic mass is 16.3. The van der Waals surface area contributed by atoms with Gasteiger partial charge in [-0.05, 0) is 48.1 Å². The fourth-order valence-corrected chi connectivity index (χ4v) is 4.37. The summed E-state index contributed by atoms with van der Waals surface area (Å²) >= 11 is 0. The summed E-state index contributed by atoms with van der Waals surface area (Å²) in [6.45, 7) is 0. The van der Waals surface area contributed by atoms with E-state index < -0.39 is 36.0 Å². The van der Waals surface area contributed by atoms with Gasteiger partial charge in [0.1, 0.15) is 11.8 Å². The van der Waals surface area contributed by atoms with Crippen LogP contribution in [-0.4, -0.2) is 51.4 Å². The number of aliphatic hydroxyl groups excluding tert-OH is 2. The van der Waals surface area contributed by atoms with Gasteiger partial charge in [0.05, 0.1) is 18.1 Å². The number of primary amides is 1. The maximum absolute atomic E-state index is 13.3. The highest BCUT2D eigenvalue weighted by Gasteiger charge is 2.29. The second-order valence-electron chi connectivity index (χ2n) is 9.76. The van der Waals surface area contributed by atoms with Crippen molar-refractivity contribution < 1.29 is 24.9 Å². The number of hydrogen-bond donors (Lipinski definition) is 6. The molecule has 0 spiro atoms. The number of carbonyl (C=O) groups excluding carboxylic acids is 2. The van der Waals surface area contributed by atoms with E-state index in [1.165, 1.54) is 12.2 Å². The first-order valence-electron chi connectivity index (χ1n) is 13.0. The third kappa shape index (κ3) is 10.0. The number of benzene rings is 3. The summed E-state index contributed by atoms with van der Waals surface area (Å²) in [6.07, 6.45) is 1.82. The van der Waals surface area contributed by atoms with Gasteiger partial charge >= 0.3 is 0 Å². The number of hydrogen-bond acceptors (Lipinski definition) is 6. The molecule has 39 heavy (non-hydrogen) atoms. The van der Waals surface area contributed by atoms with Crippen LogP contribution in [0.3, 0.4) is 0 Å². The number of phenolic OH excluding ortho intramolecular Hbond substituents is 1. The quantitative estimate of drug-likeness (QED) is 0.175. The second kappa shape index (κ2) is 14.8. The summed E-state index contributed by atoms with van der Waals surface area (Å²) in [7, 11) is 0. The van der Waals surface area contributed by atoms with Crippen LogP contribution >= 0.6 is 0 Å². The van der Waals surface area contributed by atoms with Crippen LogP contribution in [0.1, 0.15) is 23.1 Å². The molecule has 3 aromatic rings. The number of nitrogens with two attached hydrogens (primary N) is 2. The maximum Gasteiger partial charge on any atom is 0.240 e. The normalized spacial score (nSPS) is 15.3. The fourth-order valence-electron chi connectivity index (χ4n) is 4.37. The van der Waals surface area contributed by atoms with Gasteiger partial charge in [-0.25, -0.2) is 0 Å². The Labute approximate surface area is 229 Å². The Kier molecular flexibility index (Phi) is 11.2. The lowest BCUT2D eigenvalue weighted by Gasteiger charge is -2.24. The molecule has 0 aliphatic rings. The smallest absolute Gasteiger partial charge is 0.240 e. The molecule has 0 unspecified atom stereocenters. The van der Waals surface area contributed by atoms with Gasteiger partial charge in [-0.3, -0.25) is 9.59 Å². The zero-order valence-electron chi connectivity index (χ0n) is 21.8. The monoisotopic (exact) mass is 531 g/mol. The molecule has 5 atom stereocenters. The minimum atomic E-state index is -1.24. The molecular weight excluding hydrogens is 494 g/mol. The second-order valence-corrected chi connectivity index (χ2v) is 9.76. The van der Waals surface area contributed by atoms with Crippen molar-refractivity contribution in [2.45, 2.75) is 50.0 Å². The number of carbonyl (C=O) groups is 2. The lowest BCUT2D eigenvalue weighted by Crippen LogP contribution is -2.50. The Balaban J connectivity index is 1.67. The van der Waals surface area contributed by atoms with Gasteiger partial charge in [-0.1, -0.05) is 84.9 Å². The van der Waals surface area contributed by atoms with E-state index in [9.17, 15) is 24.9 Å². The van der Waals surface area contributed by atoms with Crippen LogP contribution in [0, 0.1) is 5.92 Å². The molecule has 8 nitrogen and oxygen atoms in total. The predicted molar refractivity (Wildman–Crippen MR) is 150 cm³/mol. The highest BCUT2D eigenvalue weighted by molar-refractivity contribution is 5.88. The van der Waals surface area contributed by atoms with Gasteiger partial charge in [-0.15, -0.1) is 0 Å². The molecule has 8 heteroatoms. The average molecular weight is 532 g/mol. The zero-order chi connectivity index (χ0) is 28.2.